The minimum atomic E-state index is 0.132. The van der Waals surface area contributed by atoms with Gasteiger partial charge in [0.25, 0.3) is 5.78 Å². The van der Waals surface area contributed by atoms with Crippen LogP contribution < -0.4 is 11.1 Å². The Kier molecular flexibility index (Phi) is 2.64. The normalized spacial score (nSPS) is 32.7. The molecule has 0 spiro atoms. The van der Waals surface area contributed by atoms with Crippen molar-refractivity contribution in [1.82, 2.24) is 19.6 Å². The van der Waals surface area contributed by atoms with Gasteiger partial charge in [-0.25, -0.2) is 4.98 Å². The Morgan fingerprint density at radius 1 is 1.50 bits per heavy atom. The first-order valence-electron chi connectivity index (χ1n) is 7.05. The monoisotopic (exact) mass is 274 g/mol. The highest BCUT2D eigenvalue weighted by Crippen LogP contribution is 2.38. The van der Waals surface area contributed by atoms with Crippen LogP contribution in [0.3, 0.4) is 0 Å². The van der Waals surface area contributed by atoms with E-state index in [-0.39, 0.29) is 18.2 Å². The molecule has 3 heterocycles. The Morgan fingerprint density at radius 3 is 3.30 bits per heavy atom. The van der Waals surface area contributed by atoms with Crippen LogP contribution in [-0.4, -0.2) is 44.4 Å². The zero-order chi connectivity index (χ0) is 13.7. The largest absolute Gasteiger partial charge is 0.376 e. The summed E-state index contributed by atoms with van der Waals surface area (Å²) in [6.45, 7) is 2.78. The van der Waals surface area contributed by atoms with Gasteiger partial charge in [-0.3, -0.25) is 0 Å². The number of aryl methyl sites for hydroxylation is 1. The molecule has 7 nitrogen and oxygen atoms in total. The Morgan fingerprint density at radius 2 is 2.40 bits per heavy atom. The van der Waals surface area contributed by atoms with E-state index >= 15 is 0 Å². The van der Waals surface area contributed by atoms with E-state index in [1.807, 2.05) is 13.0 Å². The highest BCUT2D eigenvalue weighted by atomic mass is 16.5. The third-order valence-corrected chi connectivity index (χ3v) is 4.37. The summed E-state index contributed by atoms with van der Waals surface area (Å²) in [5.41, 5.74) is 7.18. The molecule has 2 aromatic heterocycles. The fourth-order valence-electron chi connectivity index (χ4n) is 3.33. The van der Waals surface area contributed by atoms with E-state index in [1.165, 1.54) is 6.33 Å². The zero-order valence-electron chi connectivity index (χ0n) is 11.4. The third kappa shape index (κ3) is 1.70. The Labute approximate surface area is 116 Å². The predicted molar refractivity (Wildman–Crippen MR) is 73.4 cm³/mol. The Balaban J connectivity index is 1.63. The molecule has 2 fully saturated rings. The van der Waals surface area contributed by atoms with Gasteiger partial charge in [-0.2, -0.15) is 14.6 Å². The highest BCUT2D eigenvalue weighted by molar-refractivity contribution is 5.46. The van der Waals surface area contributed by atoms with E-state index in [1.54, 1.807) is 4.52 Å². The lowest BCUT2D eigenvalue weighted by molar-refractivity contribution is -0.104. The number of aromatic nitrogens is 4. The summed E-state index contributed by atoms with van der Waals surface area (Å²) in [5, 5.41) is 7.67. The number of fused-ring (bicyclic) bond motifs is 2. The van der Waals surface area contributed by atoms with Gasteiger partial charge >= 0.3 is 0 Å². The average Bonchev–Trinajstić information content (AvgIpc) is 2.92. The molecule has 20 heavy (non-hydrogen) atoms. The zero-order valence-corrected chi connectivity index (χ0v) is 11.4. The van der Waals surface area contributed by atoms with Gasteiger partial charge in [-0.05, 0) is 19.8 Å². The fourth-order valence-corrected chi connectivity index (χ4v) is 3.33. The summed E-state index contributed by atoms with van der Waals surface area (Å²) in [4.78, 5) is 8.46. The predicted octanol–water partition coefficient (Wildman–Crippen LogP) is 0.349. The number of nitrogens with one attached hydrogen (secondary N) is 1. The second kappa shape index (κ2) is 4.39. The number of nitrogens with two attached hydrogens (primary N) is 1. The molecule has 2 aliphatic rings. The number of rotatable bonds is 2. The van der Waals surface area contributed by atoms with Crippen LogP contribution in [0.5, 0.6) is 0 Å². The Bertz CT molecular complexity index is 641. The van der Waals surface area contributed by atoms with Crippen LogP contribution in [0.25, 0.3) is 5.78 Å². The summed E-state index contributed by atoms with van der Waals surface area (Å²) in [6.07, 6.45) is 4.00. The molecular formula is C13H18N6O. The second-order valence-corrected chi connectivity index (χ2v) is 5.64. The molecule has 3 N–H and O–H groups in total. The summed E-state index contributed by atoms with van der Waals surface area (Å²) in [7, 11) is 0. The standard InChI is InChI=1S/C13H18N6O/c1-7-5-9(19-13(17-7)15-6-16-19)18-11-10(14)8-3-2-4-20-12(8)11/h5-6,8,10-12,18H,2-4,14H2,1H3. The number of hydrogen-bond donors (Lipinski definition) is 2. The minimum absolute atomic E-state index is 0.132. The number of ether oxygens (including phenoxy) is 1. The lowest BCUT2D eigenvalue weighted by atomic mass is 9.68. The van der Waals surface area contributed by atoms with Gasteiger partial charge in [0.05, 0.1) is 12.1 Å². The molecule has 1 aliphatic heterocycles. The molecule has 0 amide bonds. The molecule has 7 heteroatoms. The molecule has 0 radical (unpaired) electrons. The maximum Gasteiger partial charge on any atom is 0.254 e. The van der Waals surface area contributed by atoms with Crippen molar-refractivity contribution < 1.29 is 4.74 Å². The first-order chi connectivity index (χ1) is 9.74. The SMILES string of the molecule is Cc1cc(NC2C(N)C3CCCOC32)n2ncnc2n1. The first kappa shape index (κ1) is 12.0. The van der Waals surface area contributed by atoms with Crippen LogP contribution in [0, 0.1) is 12.8 Å². The van der Waals surface area contributed by atoms with Crippen molar-refractivity contribution in [2.45, 2.75) is 38.0 Å². The van der Waals surface area contributed by atoms with Gasteiger partial charge in [-0.1, -0.05) is 0 Å². The summed E-state index contributed by atoms with van der Waals surface area (Å²) < 4.78 is 7.56. The van der Waals surface area contributed by atoms with Crippen molar-refractivity contribution in [3.63, 3.8) is 0 Å². The van der Waals surface area contributed by atoms with E-state index < -0.39 is 0 Å². The molecule has 2 aromatic rings. The maximum absolute atomic E-state index is 6.28. The van der Waals surface area contributed by atoms with Crippen molar-refractivity contribution in [2.24, 2.45) is 11.7 Å². The van der Waals surface area contributed by atoms with Gasteiger partial charge in [0.2, 0.25) is 0 Å². The molecule has 1 saturated heterocycles. The van der Waals surface area contributed by atoms with Crippen molar-refractivity contribution in [2.75, 3.05) is 11.9 Å². The molecule has 4 unspecified atom stereocenters. The summed E-state index contributed by atoms with van der Waals surface area (Å²) in [6, 6.07) is 2.23. The van der Waals surface area contributed by atoms with Crippen molar-refractivity contribution >= 4 is 11.6 Å². The van der Waals surface area contributed by atoms with E-state index in [0.717, 1.165) is 31.0 Å². The van der Waals surface area contributed by atoms with Gasteiger partial charge in [0.1, 0.15) is 12.1 Å². The minimum Gasteiger partial charge on any atom is -0.376 e. The molecule has 4 atom stereocenters. The van der Waals surface area contributed by atoms with Gasteiger partial charge in [-0.15, -0.1) is 0 Å². The van der Waals surface area contributed by atoms with Crippen LogP contribution in [0.1, 0.15) is 18.5 Å². The van der Waals surface area contributed by atoms with E-state index in [4.69, 9.17) is 10.5 Å². The van der Waals surface area contributed by atoms with E-state index in [0.29, 0.717) is 11.7 Å². The van der Waals surface area contributed by atoms with Gasteiger partial charge in [0, 0.05) is 30.3 Å². The molecule has 1 saturated carbocycles. The second-order valence-electron chi connectivity index (χ2n) is 5.64. The maximum atomic E-state index is 6.28. The van der Waals surface area contributed by atoms with Crippen molar-refractivity contribution in [3.05, 3.63) is 18.1 Å². The third-order valence-electron chi connectivity index (χ3n) is 4.37. The molecule has 106 valence electrons. The molecule has 0 aromatic carbocycles. The van der Waals surface area contributed by atoms with Crippen molar-refractivity contribution in [1.29, 1.82) is 0 Å². The van der Waals surface area contributed by atoms with Crippen molar-refractivity contribution in [3.8, 4) is 0 Å². The Hall–Kier alpha value is -1.73. The van der Waals surface area contributed by atoms with Crippen LogP contribution in [0.4, 0.5) is 5.82 Å². The quantitative estimate of drug-likeness (QED) is 0.821. The summed E-state index contributed by atoms with van der Waals surface area (Å²) in [5.74, 6) is 1.95. The van der Waals surface area contributed by atoms with Crippen LogP contribution >= 0.6 is 0 Å². The van der Waals surface area contributed by atoms with Crippen LogP contribution in [-0.2, 0) is 4.74 Å². The molecule has 4 rings (SSSR count). The van der Waals surface area contributed by atoms with E-state index in [2.05, 4.69) is 20.4 Å². The number of hydrogen-bond acceptors (Lipinski definition) is 6. The van der Waals surface area contributed by atoms with Crippen LogP contribution in [0.15, 0.2) is 12.4 Å². The number of anilines is 1. The molecular weight excluding hydrogens is 256 g/mol. The highest BCUT2D eigenvalue weighted by Gasteiger charge is 2.50. The first-order valence-corrected chi connectivity index (χ1v) is 7.05. The van der Waals surface area contributed by atoms with Gasteiger partial charge < -0.3 is 15.8 Å². The fraction of sp³-hybridized carbons (Fsp3) is 0.615. The van der Waals surface area contributed by atoms with E-state index in [9.17, 15) is 0 Å². The summed E-state index contributed by atoms with van der Waals surface area (Å²) >= 11 is 0. The smallest absolute Gasteiger partial charge is 0.254 e. The molecule has 0 bridgehead atoms. The molecule has 1 aliphatic carbocycles. The van der Waals surface area contributed by atoms with Crippen LogP contribution in [0.2, 0.25) is 0 Å². The number of nitrogens with zero attached hydrogens (tertiary/aromatic N) is 4. The average molecular weight is 274 g/mol. The lowest BCUT2D eigenvalue weighted by Gasteiger charge is -2.52. The topological polar surface area (TPSA) is 90.4 Å². The van der Waals surface area contributed by atoms with Gasteiger partial charge in [0.15, 0.2) is 0 Å². The lowest BCUT2D eigenvalue weighted by Crippen LogP contribution is -2.69.